The molecule has 0 aliphatic heterocycles. The Hall–Kier alpha value is -2.69. The molecule has 7 nitrogen and oxygen atoms in total. The first kappa shape index (κ1) is 20.1. The summed E-state index contributed by atoms with van der Waals surface area (Å²) >= 11 is 7.76. The molecule has 2 aromatic carbocycles. The number of hydrogen-bond donors (Lipinski definition) is 4. The number of thiocarbonyl (C=S) groups is 1. The summed E-state index contributed by atoms with van der Waals surface area (Å²) in [5, 5.41) is 10.4. The average molecular weight is 432 g/mol. The number of nitrogens with one attached hydrogen (secondary N) is 4. The van der Waals surface area contributed by atoms with Crippen LogP contribution in [0.1, 0.15) is 0 Å². The van der Waals surface area contributed by atoms with Crippen LogP contribution in [0.3, 0.4) is 0 Å². The molecule has 2 amide bonds. The van der Waals surface area contributed by atoms with Gasteiger partial charge in [0.1, 0.15) is 0 Å². The molecule has 0 atom stereocenters. The number of amides is 2. The lowest BCUT2D eigenvalue weighted by Gasteiger charge is -2.13. The Morgan fingerprint density at radius 3 is 2.61 bits per heavy atom. The number of fused-ring (bicyclic) bond motifs is 1. The van der Waals surface area contributed by atoms with Gasteiger partial charge in [0.25, 0.3) is 0 Å². The van der Waals surface area contributed by atoms with Crippen LogP contribution in [-0.4, -0.2) is 33.4 Å². The largest absolute Gasteiger partial charge is 0.331 e. The van der Waals surface area contributed by atoms with Crippen molar-refractivity contribution in [2.24, 2.45) is 0 Å². The number of aromatic nitrogens is 1. The van der Waals surface area contributed by atoms with Crippen LogP contribution in [0.4, 0.5) is 10.8 Å². The highest BCUT2D eigenvalue weighted by Gasteiger charge is 2.08. The maximum atomic E-state index is 11.9. The van der Waals surface area contributed by atoms with E-state index in [9.17, 15) is 9.59 Å². The molecule has 0 radical (unpaired) electrons. The van der Waals surface area contributed by atoms with Crippen LogP contribution in [-0.2, 0) is 9.59 Å². The molecule has 1 heterocycles. The molecule has 1 aromatic heterocycles. The predicted molar refractivity (Wildman–Crippen MR) is 120 cm³/mol. The molecule has 144 valence electrons. The van der Waals surface area contributed by atoms with Gasteiger partial charge in [0.2, 0.25) is 11.8 Å². The highest BCUT2D eigenvalue weighted by Crippen LogP contribution is 2.22. The van der Waals surface area contributed by atoms with Gasteiger partial charge in [-0.15, -0.1) is 23.1 Å². The predicted octanol–water partition coefficient (Wildman–Crippen LogP) is 2.99. The van der Waals surface area contributed by atoms with Crippen LogP contribution in [0, 0.1) is 0 Å². The van der Waals surface area contributed by atoms with Gasteiger partial charge in [0.05, 0.1) is 11.5 Å². The van der Waals surface area contributed by atoms with Crippen molar-refractivity contribution in [1.29, 1.82) is 0 Å². The Labute approximate surface area is 175 Å². The van der Waals surface area contributed by atoms with Gasteiger partial charge >= 0.3 is 0 Å². The fraction of sp³-hybridized carbons (Fsp3) is 0.111. The number of carbonyl (C=O) groups excluding carboxylic acids is 2. The zero-order valence-electron chi connectivity index (χ0n) is 14.6. The van der Waals surface area contributed by atoms with Crippen LogP contribution in [0.15, 0.2) is 54.0 Å². The topological polar surface area (TPSA) is 95.2 Å². The summed E-state index contributed by atoms with van der Waals surface area (Å²) in [6.45, 7) is 0. The van der Waals surface area contributed by atoms with E-state index < -0.39 is 0 Å². The lowest BCUT2D eigenvalue weighted by Crippen LogP contribution is -2.44. The first-order valence-electron chi connectivity index (χ1n) is 8.22. The minimum atomic E-state index is -0.283. The second-order valence-corrected chi connectivity index (χ2v) is 7.82. The van der Waals surface area contributed by atoms with Gasteiger partial charge in [-0.1, -0.05) is 36.4 Å². The number of hydrazine groups is 1. The van der Waals surface area contributed by atoms with Gasteiger partial charge in [-0.05, 0) is 23.7 Å². The highest BCUT2D eigenvalue weighted by molar-refractivity contribution is 8.00. The highest BCUT2D eigenvalue weighted by atomic mass is 32.2. The summed E-state index contributed by atoms with van der Waals surface area (Å²) in [7, 11) is 0. The minimum absolute atomic E-state index is 0.120. The summed E-state index contributed by atoms with van der Waals surface area (Å²) in [5.74, 6) is -0.205. The molecule has 0 saturated carbocycles. The SMILES string of the molecule is O=C(CSCC(=O)Nc1nccs1)NNC(=S)Nc1cccc2ccccc12. The van der Waals surface area contributed by atoms with Crippen molar-refractivity contribution in [2.75, 3.05) is 22.1 Å². The van der Waals surface area contributed by atoms with E-state index in [0.717, 1.165) is 16.5 Å². The molecule has 0 spiro atoms. The number of benzene rings is 2. The number of thioether (sulfide) groups is 1. The van der Waals surface area contributed by atoms with Gasteiger partial charge in [0, 0.05) is 22.7 Å². The van der Waals surface area contributed by atoms with E-state index in [4.69, 9.17) is 12.2 Å². The summed E-state index contributed by atoms with van der Waals surface area (Å²) in [6, 6.07) is 13.8. The molecule has 0 unspecified atom stereocenters. The fourth-order valence-corrected chi connectivity index (χ4v) is 3.65. The first-order chi connectivity index (χ1) is 13.6. The van der Waals surface area contributed by atoms with Crippen LogP contribution < -0.4 is 21.5 Å². The van der Waals surface area contributed by atoms with Crippen LogP contribution >= 0.6 is 35.3 Å². The van der Waals surface area contributed by atoms with Gasteiger partial charge in [-0.2, -0.15) is 0 Å². The summed E-state index contributed by atoms with van der Waals surface area (Å²) < 4.78 is 0. The van der Waals surface area contributed by atoms with E-state index in [0.29, 0.717) is 5.13 Å². The number of anilines is 2. The Bertz CT molecular complexity index is 973. The molecule has 0 fully saturated rings. The summed E-state index contributed by atoms with van der Waals surface area (Å²) in [4.78, 5) is 27.6. The molecule has 0 aliphatic carbocycles. The van der Waals surface area contributed by atoms with E-state index in [-0.39, 0.29) is 28.4 Å². The van der Waals surface area contributed by atoms with Gasteiger partial charge in [0.15, 0.2) is 10.2 Å². The number of thiazole rings is 1. The van der Waals surface area contributed by atoms with Crippen molar-refractivity contribution in [1.82, 2.24) is 15.8 Å². The zero-order chi connectivity index (χ0) is 19.8. The van der Waals surface area contributed by atoms with Crippen molar-refractivity contribution in [2.45, 2.75) is 0 Å². The van der Waals surface area contributed by atoms with Crippen LogP contribution in [0.2, 0.25) is 0 Å². The number of hydrogen-bond acceptors (Lipinski definition) is 6. The van der Waals surface area contributed by atoms with E-state index in [2.05, 4.69) is 26.5 Å². The summed E-state index contributed by atoms with van der Waals surface area (Å²) in [5.41, 5.74) is 6.03. The average Bonchev–Trinajstić information content (AvgIpc) is 3.19. The van der Waals surface area contributed by atoms with E-state index in [1.165, 1.54) is 23.1 Å². The molecular formula is C18H17N5O2S3. The van der Waals surface area contributed by atoms with E-state index in [1.54, 1.807) is 11.6 Å². The number of nitrogens with zero attached hydrogens (tertiary/aromatic N) is 1. The van der Waals surface area contributed by atoms with Crippen molar-refractivity contribution in [3.05, 3.63) is 54.0 Å². The second-order valence-electron chi connectivity index (χ2n) is 5.53. The minimum Gasteiger partial charge on any atom is -0.331 e. The Balaban J connectivity index is 1.38. The first-order valence-corrected chi connectivity index (χ1v) is 10.7. The van der Waals surface area contributed by atoms with Crippen LogP contribution in [0.5, 0.6) is 0 Å². The van der Waals surface area contributed by atoms with Crippen LogP contribution in [0.25, 0.3) is 10.8 Å². The Morgan fingerprint density at radius 1 is 1.00 bits per heavy atom. The van der Waals surface area contributed by atoms with E-state index >= 15 is 0 Å². The fourth-order valence-electron chi connectivity index (χ4n) is 2.33. The molecule has 10 heteroatoms. The van der Waals surface area contributed by atoms with Crippen molar-refractivity contribution in [3.63, 3.8) is 0 Å². The lowest BCUT2D eigenvalue weighted by atomic mass is 10.1. The van der Waals surface area contributed by atoms with Gasteiger partial charge in [-0.25, -0.2) is 4.98 Å². The zero-order valence-corrected chi connectivity index (χ0v) is 17.0. The molecule has 3 rings (SSSR count). The molecule has 4 N–H and O–H groups in total. The Kier molecular flexibility index (Phi) is 7.18. The smallest absolute Gasteiger partial charge is 0.248 e. The molecule has 0 saturated heterocycles. The molecule has 28 heavy (non-hydrogen) atoms. The third kappa shape index (κ3) is 5.91. The normalized spacial score (nSPS) is 10.3. The van der Waals surface area contributed by atoms with Gasteiger partial charge in [-0.3, -0.25) is 20.4 Å². The van der Waals surface area contributed by atoms with Gasteiger partial charge < -0.3 is 10.6 Å². The Morgan fingerprint density at radius 2 is 1.79 bits per heavy atom. The number of rotatable bonds is 6. The maximum absolute atomic E-state index is 11.9. The maximum Gasteiger partial charge on any atom is 0.248 e. The standard InChI is InChI=1S/C18H17N5O2S3/c24-15(21-18-19-8-9-28-18)10-27-11-16(25)22-23-17(26)20-14-7-3-5-12-4-1-2-6-13(12)14/h1-9H,10-11H2,(H,22,25)(H,19,21,24)(H2,20,23,26). The molecule has 0 aliphatic rings. The number of carbonyl (C=O) groups is 2. The second kappa shape index (κ2) is 10.0. The monoisotopic (exact) mass is 431 g/mol. The van der Waals surface area contributed by atoms with E-state index in [1.807, 2.05) is 42.5 Å². The summed E-state index contributed by atoms with van der Waals surface area (Å²) in [6.07, 6.45) is 1.61. The molecular weight excluding hydrogens is 414 g/mol. The molecule has 0 bridgehead atoms. The van der Waals surface area contributed by atoms with Crippen molar-refractivity contribution < 1.29 is 9.59 Å². The van der Waals surface area contributed by atoms with Crippen molar-refractivity contribution in [3.8, 4) is 0 Å². The lowest BCUT2D eigenvalue weighted by molar-refractivity contribution is -0.119. The third-order valence-corrected chi connectivity index (χ3v) is 5.32. The quantitative estimate of drug-likeness (QED) is 0.352. The molecule has 3 aromatic rings. The van der Waals surface area contributed by atoms with Crippen molar-refractivity contribution >= 4 is 73.8 Å². The third-order valence-electron chi connectivity index (χ3n) is 3.50.